The van der Waals surface area contributed by atoms with Crippen molar-refractivity contribution in [3.05, 3.63) is 64.5 Å². The number of carbonyl (C=O) groups is 1. The molecule has 7 nitrogen and oxygen atoms in total. The van der Waals surface area contributed by atoms with E-state index in [0.717, 1.165) is 34.5 Å². The van der Waals surface area contributed by atoms with Gasteiger partial charge >= 0.3 is 0 Å². The third kappa shape index (κ3) is 4.27. The molecule has 1 aromatic carbocycles. The molecule has 0 unspecified atom stereocenters. The predicted molar refractivity (Wildman–Crippen MR) is 122 cm³/mol. The number of aromatic nitrogens is 1. The Morgan fingerprint density at radius 2 is 2.10 bits per heavy atom. The van der Waals surface area contributed by atoms with Crippen LogP contribution in [0.15, 0.2) is 45.9 Å². The fourth-order valence-electron chi connectivity index (χ4n) is 3.36. The maximum absolute atomic E-state index is 11.7. The molecule has 3 aromatic rings. The van der Waals surface area contributed by atoms with E-state index in [4.69, 9.17) is 4.42 Å². The topological polar surface area (TPSA) is 99.8 Å². The van der Waals surface area contributed by atoms with Gasteiger partial charge < -0.3 is 20.2 Å². The summed E-state index contributed by atoms with van der Waals surface area (Å²) in [6.07, 6.45) is 5.56. The monoisotopic (exact) mass is 416 g/mol. The summed E-state index contributed by atoms with van der Waals surface area (Å²) in [6.45, 7) is 6.96. The van der Waals surface area contributed by atoms with Crippen LogP contribution < -0.4 is 10.6 Å². The molecule has 0 saturated heterocycles. The number of anilines is 2. The molecule has 31 heavy (non-hydrogen) atoms. The average Bonchev–Trinajstić information content (AvgIpc) is 3.29. The normalized spacial score (nSPS) is 13.7. The zero-order chi connectivity index (χ0) is 22.0. The van der Waals surface area contributed by atoms with Crippen LogP contribution in [0.5, 0.6) is 5.75 Å². The number of furan rings is 1. The summed E-state index contributed by atoms with van der Waals surface area (Å²) < 4.78 is 5.82. The Hall–Kier alpha value is -3.71. The molecule has 0 amide bonds. The molecule has 0 saturated carbocycles. The highest BCUT2D eigenvalue weighted by Gasteiger charge is 2.21. The van der Waals surface area contributed by atoms with E-state index in [1.54, 1.807) is 18.5 Å². The number of benzene rings is 1. The van der Waals surface area contributed by atoms with Crippen LogP contribution in [0.3, 0.4) is 0 Å². The molecule has 0 aliphatic carbocycles. The molecule has 7 heteroatoms. The number of aryl methyl sites for hydroxylation is 1. The molecule has 3 heterocycles. The number of carbonyl (C=O) groups excluding carboxylic acids is 1. The Labute approximate surface area is 180 Å². The molecular weight excluding hydrogens is 392 g/mol. The van der Waals surface area contributed by atoms with Crippen molar-refractivity contribution < 1.29 is 14.3 Å². The Morgan fingerprint density at radius 3 is 2.84 bits per heavy atom. The van der Waals surface area contributed by atoms with E-state index in [1.165, 1.54) is 0 Å². The molecule has 0 radical (unpaired) electrons. The third-order valence-electron chi connectivity index (χ3n) is 5.03. The maximum atomic E-state index is 11.7. The zero-order valence-electron chi connectivity index (χ0n) is 17.6. The Balaban J connectivity index is 1.62. The van der Waals surface area contributed by atoms with E-state index in [2.05, 4.69) is 40.5 Å². The number of pyridine rings is 1. The van der Waals surface area contributed by atoms with Crippen LogP contribution >= 0.6 is 0 Å². The lowest BCUT2D eigenvalue weighted by molar-refractivity contribution is 0.112. The van der Waals surface area contributed by atoms with Crippen molar-refractivity contribution >= 4 is 41.5 Å². The minimum absolute atomic E-state index is 0.0677. The first-order chi connectivity index (χ1) is 15.0. The standard InChI is InChI=1S/C24H24N4O3/c1-14(2)26-11-16-6-7-20(15(3)9-16)28-24-19(13-29)22(30)21(31-24)10-17-12-27-23-18(17)5-4-8-25-23/h4-10,12-14,26,28,30H,11H2,1-3H3. The summed E-state index contributed by atoms with van der Waals surface area (Å²) in [5, 5.41) is 17.1. The van der Waals surface area contributed by atoms with Crippen molar-refractivity contribution in [2.45, 2.75) is 33.4 Å². The molecule has 0 fully saturated rings. The zero-order valence-corrected chi connectivity index (χ0v) is 17.6. The van der Waals surface area contributed by atoms with Crippen LogP contribution in [0.2, 0.25) is 0 Å². The molecule has 3 N–H and O–H groups in total. The SMILES string of the molecule is Cc1cc(CNC(C)C)ccc1Nc1oc(C=C2C=Nc3ncccc32)c(O)c1C=O. The average molecular weight is 416 g/mol. The molecule has 1 aliphatic heterocycles. The second-order valence-electron chi connectivity index (χ2n) is 7.72. The van der Waals surface area contributed by atoms with Gasteiger partial charge in [-0.15, -0.1) is 0 Å². The van der Waals surface area contributed by atoms with Gasteiger partial charge in [0, 0.05) is 41.8 Å². The number of fused-ring (bicyclic) bond motifs is 1. The molecule has 0 atom stereocenters. The first kappa shape index (κ1) is 20.6. The number of aliphatic imine (C=N–C) groups is 1. The summed E-state index contributed by atoms with van der Waals surface area (Å²) in [7, 11) is 0. The second kappa shape index (κ2) is 8.57. The Morgan fingerprint density at radius 1 is 1.26 bits per heavy atom. The van der Waals surface area contributed by atoms with Gasteiger partial charge in [0.15, 0.2) is 23.6 Å². The maximum Gasteiger partial charge on any atom is 0.212 e. The number of hydrogen-bond donors (Lipinski definition) is 3. The summed E-state index contributed by atoms with van der Waals surface area (Å²) in [6, 6.07) is 10.1. The number of rotatable bonds is 7. The van der Waals surface area contributed by atoms with Gasteiger partial charge in [0.1, 0.15) is 5.56 Å². The lowest BCUT2D eigenvalue weighted by Crippen LogP contribution is -2.21. The summed E-state index contributed by atoms with van der Waals surface area (Å²) in [5.74, 6) is 0.762. The van der Waals surface area contributed by atoms with Crippen molar-refractivity contribution in [3.8, 4) is 5.75 Å². The van der Waals surface area contributed by atoms with Gasteiger partial charge in [-0.05, 0) is 42.3 Å². The Kier molecular flexibility index (Phi) is 5.68. The number of allylic oxidation sites excluding steroid dienone is 1. The quantitative estimate of drug-likeness (QED) is 0.469. The third-order valence-corrected chi connectivity index (χ3v) is 5.03. The van der Waals surface area contributed by atoms with Crippen molar-refractivity contribution in [2.24, 2.45) is 4.99 Å². The van der Waals surface area contributed by atoms with E-state index in [-0.39, 0.29) is 23.0 Å². The molecule has 158 valence electrons. The number of nitrogens with one attached hydrogen (secondary N) is 2. The van der Waals surface area contributed by atoms with Crippen molar-refractivity contribution in [2.75, 3.05) is 5.32 Å². The van der Waals surface area contributed by atoms with Gasteiger partial charge in [0.2, 0.25) is 5.88 Å². The molecule has 4 rings (SSSR count). The first-order valence-corrected chi connectivity index (χ1v) is 10.1. The van der Waals surface area contributed by atoms with Crippen LogP contribution in [0.4, 0.5) is 17.4 Å². The van der Waals surface area contributed by atoms with E-state index < -0.39 is 0 Å². The van der Waals surface area contributed by atoms with Gasteiger partial charge in [0.05, 0.1) is 0 Å². The number of aldehydes is 1. The summed E-state index contributed by atoms with van der Waals surface area (Å²) >= 11 is 0. The van der Waals surface area contributed by atoms with Crippen molar-refractivity contribution in [1.82, 2.24) is 10.3 Å². The van der Waals surface area contributed by atoms with E-state index in [0.29, 0.717) is 18.1 Å². The van der Waals surface area contributed by atoms with E-state index >= 15 is 0 Å². The smallest absolute Gasteiger partial charge is 0.212 e. The minimum Gasteiger partial charge on any atom is -0.504 e. The van der Waals surface area contributed by atoms with Gasteiger partial charge in [-0.25, -0.2) is 9.98 Å². The van der Waals surface area contributed by atoms with Crippen LogP contribution in [0.1, 0.15) is 46.7 Å². The van der Waals surface area contributed by atoms with Gasteiger partial charge in [-0.2, -0.15) is 0 Å². The first-order valence-electron chi connectivity index (χ1n) is 10.1. The molecular formula is C24H24N4O3. The predicted octanol–water partition coefficient (Wildman–Crippen LogP) is 5.00. The molecule has 2 aromatic heterocycles. The minimum atomic E-state index is -0.217. The molecule has 0 spiro atoms. The molecule has 0 bridgehead atoms. The second-order valence-corrected chi connectivity index (χ2v) is 7.72. The fourth-order valence-corrected chi connectivity index (χ4v) is 3.36. The van der Waals surface area contributed by atoms with E-state index in [1.807, 2.05) is 31.2 Å². The number of hydrogen-bond acceptors (Lipinski definition) is 7. The van der Waals surface area contributed by atoms with Crippen LogP contribution in [-0.2, 0) is 6.54 Å². The number of nitrogens with zero attached hydrogens (tertiary/aromatic N) is 2. The van der Waals surface area contributed by atoms with Crippen LogP contribution in [-0.4, -0.2) is 28.6 Å². The lowest BCUT2D eigenvalue weighted by Gasteiger charge is -2.12. The summed E-state index contributed by atoms with van der Waals surface area (Å²) in [5.41, 5.74) is 4.60. The van der Waals surface area contributed by atoms with Crippen molar-refractivity contribution in [3.63, 3.8) is 0 Å². The fraction of sp³-hybridized carbons (Fsp3) is 0.208. The number of aromatic hydroxyl groups is 1. The molecule has 1 aliphatic rings. The van der Waals surface area contributed by atoms with Gasteiger partial charge in [-0.1, -0.05) is 26.0 Å². The lowest BCUT2D eigenvalue weighted by atomic mass is 10.1. The Bertz CT molecular complexity index is 1190. The van der Waals surface area contributed by atoms with Gasteiger partial charge in [0.25, 0.3) is 0 Å². The van der Waals surface area contributed by atoms with Crippen LogP contribution in [0, 0.1) is 6.92 Å². The van der Waals surface area contributed by atoms with E-state index in [9.17, 15) is 9.90 Å². The highest BCUT2D eigenvalue weighted by atomic mass is 16.4. The highest BCUT2D eigenvalue weighted by Crippen LogP contribution is 2.38. The largest absolute Gasteiger partial charge is 0.504 e. The van der Waals surface area contributed by atoms with Crippen LogP contribution in [0.25, 0.3) is 11.6 Å². The van der Waals surface area contributed by atoms with Crippen molar-refractivity contribution in [1.29, 1.82) is 0 Å². The highest BCUT2D eigenvalue weighted by molar-refractivity contribution is 6.21. The van der Waals surface area contributed by atoms with Gasteiger partial charge in [-0.3, -0.25) is 4.79 Å². The summed E-state index contributed by atoms with van der Waals surface area (Å²) in [4.78, 5) is 20.1.